The number of aliphatic hydroxyl groups excluding tert-OH is 2. The number of nitrogens with one attached hydrogen (secondary N) is 1. The van der Waals surface area contributed by atoms with Crippen LogP contribution in [0, 0.1) is 17.8 Å². The first-order chi connectivity index (χ1) is 15.5. The Labute approximate surface area is 193 Å². The van der Waals surface area contributed by atoms with Gasteiger partial charge in [0.15, 0.2) is 0 Å². The van der Waals surface area contributed by atoms with Crippen LogP contribution in [0.5, 0.6) is 0 Å². The number of aryl methyl sites for hydroxylation is 1. The zero-order valence-electron chi connectivity index (χ0n) is 19.4. The molecular formula is C27H41NO4. The highest BCUT2D eigenvalue weighted by Crippen LogP contribution is 2.36. The first-order valence-corrected chi connectivity index (χ1v) is 12.7. The fourth-order valence-corrected chi connectivity index (χ4v) is 4.96. The summed E-state index contributed by atoms with van der Waals surface area (Å²) in [7, 11) is 0. The molecule has 0 heterocycles. The summed E-state index contributed by atoms with van der Waals surface area (Å²) in [4.78, 5) is 24.2. The monoisotopic (exact) mass is 443 g/mol. The summed E-state index contributed by atoms with van der Waals surface area (Å²) >= 11 is 0. The average molecular weight is 444 g/mol. The van der Waals surface area contributed by atoms with E-state index in [2.05, 4.69) is 17.4 Å². The Morgan fingerprint density at radius 3 is 2.53 bits per heavy atom. The molecule has 2 aliphatic carbocycles. The zero-order valence-corrected chi connectivity index (χ0v) is 19.4. The number of unbranched alkanes of at least 4 members (excludes halogenated alkanes) is 3. The van der Waals surface area contributed by atoms with Crippen molar-refractivity contribution in [3.05, 3.63) is 35.9 Å². The van der Waals surface area contributed by atoms with E-state index in [1.807, 2.05) is 18.2 Å². The number of Topliss-reactive ketones (excluding diaryl/α,β-unsaturated/α-hetero) is 1. The van der Waals surface area contributed by atoms with E-state index in [9.17, 15) is 19.8 Å². The molecule has 3 N–H and O–H groups in total. The van der Waals surface area contributed by atoms with Crippen molar-refractivity contribution in [1.29, 1.82) is 0 Å². The maximum atomic E-state index is 12.4. The molecule has 5 nitrogen and oxygen atoms in total. The molecule has 0 bridgehead atoms. The summed E-state index contributed by atoms with van der Waals surface area (Å²) in [6.07, 6.45) is 9.97. The van der Waals surface area contributed by atoms with Crippen molar-refractivity contribution in [2.75, 3.05) is 6.54 Å². The largest absolute Gasteiger partial charge is 0.393 e. The van der Waals surface area contributed by atoms with E-state index in [0.29, 0.717) is 25.7 Å². The van der Waals surface area contributed by atoms with E-state index in [-0.39, 0.29) is 29.9 Å². The molecule has 5 heteroatoms. The van der Waals surface area contributed by atoms with Gasteiger partial charge in [-0.1, -0.05) is 49.6 Å². The number of ketones is 1. The van der Waals surface area contributed by atoms with Crippen LogP contribution < -0.4 is 5.32 Å². The number of benzene rings is 1. The summed E-state index contributed by atoms with van der Waals surface area (Å²) in [5, 5.41) is 23.8. The Bertz CT molecular complexity index is 703. The van der Waals surface area contributed by atoms with Gasteiger partial charge < -0.3 is 15.5 Å². The number of aliphatic hydroxyl groups is 2. The molecule has 0 saturated heterocycles. The smallest absolute Gasteiger partial charge is 0.220 e. The number of carbonyl (C=O) groups excluding carboxylic acids is 2. The SMILES string of the molecule is O=C(CCCCCC[C@H]1C(=O)C[C@@H](O)[C@@H]1CC[C@@H](O)CCc1ccccc1)NCC1CC1. The molecule has 2 fully saturated rings. The van der Waals surface area contributed by atoms with Crippen LogP contribution in [0.25, 0.3) is 0 Å². The van der Waals surface area contributed by atoms with Gasteiger partial charge in [0.2, 0.25) is 5.91 Å². The highest BCUT2D eigenvalue weighted by Gasteiger charge is 2.40. The third-order valence-electron chi connectivity index (χ3n) is 7.23. The van der Waals surface area contributed by atoms with E-state index in [4.69, 9.17) is 0 Å². The van der Waals surface area contributed by atoms with Crippen molar-refractivity contribution in [2.24, 2.45) is 17.8 Å². The van der Waals surface area contributed by atoms with Crippen molar-refractivity contribution in [3.63, 3.8) is 0 Å². The van der Waals surface area contributed by atoms with Crippen LogP contribution in [-0.4, -0.2) is 40.7 Å². The topological polar surface area (TPSA) is 86.6 Å². The molecule has 0 unspecified atom stereocenters. The molecule has 1 aromatic rings. The summed E-state index contributed by atoms with van der Waals surface area (Å²) in [6, 6.07) is 10.2. The Morgan fingerprint density at radius 1 is 1.03 bits per heavy atom. The van der Waals surface area contributed by atoms with Gasteiger partial charge in [0.1, 0.15) is 5.78 Å². The van der Waals surface area contributed by atoms with Crippen molar-refractivity contribution in [3.8, 4) is 0 Å². The molecule has 178 valence electrons. The molecule has 1 aromatic carbocycles. The van der Waals surface area contributed by atoms with Crippen LogP contribution in [0.4, 0.5) is 0 Å². The predicted molar refractivity (Wildman–Crippen MR) is 126 cm³/mol. The van der Waals surface area contributed by atoms with Gasteiger partial charge >= 0.3 is 0 Å². The van der Waals surface area contributed by atoms with Crippen molar-refractivity contribution < 1.29 is 19.8 Å². The van der Waals surface area contributed by atoms with Crippen molar-refractivity contribution in [1.82, 2.24) is 5.32 Å². The van der Waals surface area contributed by atoms with Gasteiger partial charge in [0.25, 0.3) is 0 Å². The van der Waals surface area contributed by atoms with Crippen LogP contribution in [0.1, 0.15) is 82.6 Å². The van der Waals surface area contributed by atoms with Gasteiger partial charge in [0.05, 0.1) is 12.2 Å². The lowest BCUT2D eigenvalue weighted by atomic mass is 9.85. The van der Waals surface area contributed by atoms with E-state index < -0.39 is 12.2 Å². The van der Waals surface area contributed by atoms with Crippen LogP contribution in [0.2, 0.25) is 0 Å². The Morgan fingerprint density at radius 2 is 1.78 bits per heavy atom. The lowest BCUT2D eigenvalue weighted by Crippen LogP contribution is -2.25. The second-order valence-corrected chi connectivity index (χ2v) is 9.96. The van der Waals surface area contributed by atoms with Crippen LogP contribution >= 0.6 is 0 Å². The fourth-order valence-electron chi connectivity index (χ4n) is 4.96. The summed E-state index contributed by atoms with van der Waals surface area (Å²) in [5.41, 5.74) is 1.22. The molecule has 0 radical (unpaired) electrons. The van der Waals surface area contributed by atoms with Crippen molar-refractivity contribution >= 4 is 11.7 Å². The maximum absolute atomic E-state index is 12.4. The predicted octanol–water partition coefficient (Wildman–Crippen LogP) is 4.19. The zero-order chi connectivity index (χ0) is 22.8. The van der Waals surface area contributed by atoms with Gasteiger partial charge in [0, 0.05) is 25.3 Å². The number of rotatable bonds is 15. The number of hydrogen-bond donors (Lipinski definition) is 3. The van der Waals surface area contributed by atoms with Crippen molar-refractivity contribution in [2.45, 2.75) is 95.7 Å². The highest BCUT2D eigenvalue weighted by atomic mass is 16.3. The maximum Gasteiger partial charge on any atom is 0.220 e. The number of carbonyl (C=O) groups is 2. The van der Waals surface area contributed by atoms with Gasteiger partial charge in [-0.3, -0.25) is 9.59 Å². The van der Waals surface area contributed by atoms with Gasteiger partial charge in [-0.15, -0.1) is 0 Å². The summed E-state index contributed by atoms with van der Waals surface area (Å²) < 4.78 is 0. The van der Waals surface area contributed by atoms with Gasteiger partial charge in [-0.25, -0.2) is 0 Å². The van der Waals surface area contributed by atoms with E-state index >= 15 is 0 Å². The molecule has 4 atom stereocenters. The minimum atomic E-state index is -0.566. The summed E-state index contributed by atoms with van der Waals surface area (Å²) in [6.45, 7) is 0.841. The van der Waals surface area contributed by atoms with Gasteiger partial charge in [-0.05, 0) is 68.8 Å². The van der Waals surface area contributed by atoms with E-state index in [0.717, 1.165) is 51.0 Å². The molecule has 2 aliphatic rings. The molecule has 2 saturated carbocycles. The Hall–Kier alpha value is -1.72. The summed E-state index contributed by atoms with van der Waals surface area (Å²) in [5.74, 6) is 0.962. The average Bonchev–Trinajstić information content (AvgIpc) is 3.58. The number of hydrogen-bond acceptors (Lipinski definition) is 4. The fraction of sp³-hybridized carbons (Fsp3) is 0.704. The van der Waals surface area contributed by atoms with E-state index in [1.165, 1.54) is 18.4 Å². The molecule has 1 amide bonds. The first kappa shape index (κ1) is 24.9. The molecular weight excluding hydrogens is 402 g/mol. The Balaban J connectivity index is 1.29. The molecule has 32 heavy (non-hydrogen) atoms. The molecule has 0 aliphatic heterocycles. The normalized spacial score (nSPS) is 23.9. The lowest BCUT2D eigenvalue weighted by Gasteiger charge is -2.22. The third-order valence-corrected chi connectivity index (χ3v) is 7.23. The van der Waals surface area contributed by atoms with Crippen LogP contribution in [-0.2, 0) is 16.0 Å². The number of amides is 1. The van der Waals surface area contributed by atoms with Crippen LogP contribution in [0.15, 0.2) is 30.3 Å². The third kappa shape index (κ3) is 8.67. The minimum Gasteiger partial charge on any atom is -0.393 e. The second kappa shape index (κ2) is 13.1. The standard InChI is InChI=1S/C27H41NO4/c29-22(15-14-20-8-4-3-5-9-20)16-17-24-23(25(30)18-26(24)31)10-6-1-2-7-11-27(32)28-19-21-12-13-21/h3-5,8-9,21-24,26,29,31H,1-2,6-7,10-19H2,(H,28,32)/t22-,23+,24+,26+/m0/s1. The molecule has 3 rings (SSSR count). The Kier molecular flexibility index (Phi) is 10.2. The minimum absolute atomic E-state index is 0.0259. The van der Waals surface area contributed by atoms with Gasteiger partial charge in [-0.2, -0.15) is 0 Å². The highest BCUT2D eigenvalue weighted by molar-refractivity contribution is 5.84. The molecule has 0 spiro atoms. The quantitative estimate of drug-likeness (QED) is 0.355. The lowest BCUT2D eigenvalue weighted by molar-refractivity contribution is -0.122. The first-order valence-electron chi connectivity index (χ1n) is 12.7. The van der Waals surface area contributed by atoms with E-state index in [1.54, 1.807) is 0 Å². The second-order valence-electron chi connectivity index (χ2n) is 9.96. The van der Waals surface area contributed by atoms with Crippen LogP contribution in [0.3, 0.4) is 0 Å². The molecule has 0 aromatic heterocycles.